The normalized spacial score (nSPS) is 11.3. The molecule has 0 aliphatic heterocycles. The molecule has 5 nitrogen and oxygen atoms in total. The van der Waals surface area contributed by atoms with Gasteiger partial charge in [0, 0.05) is 37.3 Å². The topological polar surface area (TPSA) is 69.1 Å². The fraction of sp³-hybridized carbons (Fsp3) is 0.200. The number of H-pyrrole nitrogens is 1. The minimum atomic E-state index is -0.518. The predicted molar refractivity (Wildman–Crippen MR) is 76.5 cm³/mol. The minimum Gasteiger partial charge on any atom is -0.494 e. The lowest BCUT2D eigenvalue weighted by molar-refractivity contribution is 0.103. The number of halogens is 1. The predicted octanol–water partition coefficient (Wildman–Crippen LogP) is 2.47. The van der Waals surface area contributed by atoms with E-state index in [4.69, 9.17) is 10.00 Å². The third-order valence-electron chi connectivity index (χ3n) is 2.89. The Morgan fingerprint density at radius 3 is 2.71 bits per heavy atom. The highest BCUT2D eigenvalue weighted by molar-refractivity contribution is 6.12. The number of ketones is 1. The van der Waals surface area contributed by atoms with Crippen LogP contribution in [0.2, 0.25) is 0 Å². The van der Waals surface area contributed by atoms with Crippen molar-refractivity contribution in [2.24, 2.45) is 0 Å². The summed E-state index contributed by atoms with van der Waals surface area (Å²) in [7, 11) is 4.81. The molecule has 2 aromatic rings. The standard InChI is InChI=1S/C15H14FN3O2/c1-19(2)8-10(7-17)15(20)13-4-9-5-14(21-3)11(16)6-12(9)18-13/h4-6,8,18H,1-3H3. The summed E-state index contributed by atoms with van der Waals surface area (Å²) in [6.07, 6.45) is 1.44. The van der Waals surface area contributed by atoms with Gasteiger partial charge in [0.2, 0.25) is 5.78 Å². The van der Waals surface area contributed by atoms with E-state index in [2.05, 4.69) is 4.98 Å². The van der Waals surface area contributed by atoms with Crippen LogP contribution in [0.3, 0.4) is 0 Å². The highest BCUT2D eigenvalue weighted by Crippen LogP contribution is 2.25. The Morgan fingerprint density at radius 1 is 1.43 bits per heavy atom. The second-order valence-electron chi connectivity index (χ2n) is 4.70. The Hall–Kier alpha value is -2.81. The van der Waals surface area contributed by atoms with Crippen LogP contribution < -0.4 is 4.74 Å². The molecule has 0 radical (unpaired) electrons. The molecule has 0 aliphatic carbocycles. The Balaban J connectivity index is 2.48. The number of rotatable bonds is 4. The first-order valence-corrected chi connectivity index (χ1v) is 6.15. The zero-order valence-corrected chi connectivity index (χ0v) is 11.9. The molecule has 0 atom stereocenters. The summed E-state index contributed by atoms with van der Waals surface area (Å²) in [5, 5.41) is 9.69. The number of nitrogens with one attached hydrogen (secondary N) is 1. The van der Waals surface area contributed by atoms with Gasteiger partial charge in [-0.15, -0.1) is 0 Å². The van der Waals surface area contributed by atoms with Crippen LogP contribution in [0.5, 0.6) is 5.75 Å². The summed E-state index contributed by atoms with van der Waals surface area (Å²) in [4.78, 5) is 16.7. The number of ether oxygens (including phenoxy) is 1. The number of hydrogen-bond donors (Lipinski definition) is 1. The molecular formula is C15H14FN3O2. The second kappa shape index (κ2) is 5.67. The summed E-state index contributed by atoms with van der Waals surface area (Å²) in [5.41, 5.74) is 0.699. The van der Waals surface area contributed by atoms with Crippen molar-refractivity contribution in [3.63, 3.8) is 0 Å². The number of aromatic amines is 1. The van der Waals surface area contributed by atoms with Crippen LogP contribution >= 0.6 is 0 Å². The lowest BCUT2D eigenvalue weighted by atomic mass is 10.1. The zero-order valence-electron chi connectivity index (χ0n) is 11.9. The van der Waals surface area contributed by atoms with Crippen molar-refractivity contribution < 1.29 is 13.9 Å². The fourth-order valence-electron chi connectivity index (χ4n) is 1.95. The van der Waals surface area contributed by atoms with Gasteiger partial charge in [0.05, 0.1) is 12.8 Å². The van der Waals surface area contributed by atoms with E-state index in [9.17, 15) is 9.18 Å². The molecule has 0 spiro atoms. The summed E-state index contributed by atoms with van der Waals surface area (Å²) in [6, 6.07) is 6.19. The lowest BCUT2D eigenvalue weighted by Crippen LogP contribution is -2.09. The van der Waals surface area contributed by atoms with Crippen LogP contribution in [-0.2, 0) is 0 Å². The molecule has 1 aromatic heterocycles. The van der Waals surface area contributed by atoms with Crippen molar-refractivity contribution in [2.75, 3.05) is 21.2 Å². The third kappa shape index (κ3) is 2.87. The summed E-state index contributed by atoms with van der Waals surface area (Å²) in [5.74, 6) is -0.859. The van der Waals surface area contributed by atoms with E-state index in [1.807, 2.05) is 6.07 Å². The van der Waals surface area contributed by atoms with Crippen molar-refractivity contribution >= 4 is 16.7 Å². The SMILES string of the molecule is COc1cc2cc(C(=O)C(C#N)=CN(C)C)[nH]c2cc1F. The van der Waals surface area contributed by atoms with E-state index >= 15 is 0 Å². The average Bonchev–Trinajstić information content (AvgIpc) is 2.85. The molecule has 1 heterocycles. The molecule has 0 unspecified atom stereocenters. The van der Waals surface area contributed by atoms with Gasteiger partial charge in [0.15, 0.2) is 11.6 Å². The summed E-state index contributed by atoms with van der Waals surface area (Å²) in [6.45, 7) is 0. The Morgan fingerprint density at radius 2 is 2.14 bits per heavy atom. The number of carbonyl (C=O) groups is 1. The number of methoxy groups -OCH3 is 1. The van der Waals surface area contributed by atoms with E-state index in [1.54, 1.807) is 25.1 Å². The first-order valence-electron chi connectivity index (χ1n) is 6.15. The number of nitriles is 1. The van der Waals surface area contributed by atoms with Crippen LogP contribution in [0.1, 0.15) is 10.5 Å². The van der Waals surface area contributed by atoms with Crippen LogP contribution in [0.25, 0.3) is 10.9 Å². The number of benzene rings is 1. The highest BCUT2D eigenvalue weighted by Gasteiger charge is 2.16. The van der Waals surface area contributed by atoms with Gasteiger partial charge in [-0.2, -0.15) is 5.26 Å². The molecule has 0 amide bonds. The van der Waals surface area contributed by atoms with E-state index in [1.165, 1.54) is 25.4 Å². The van der Waals surface area contributed by atoms with Gasteiger partial charge in [-0.3, -0.25) is 4.79 Å². The number of aromatic nitrogens is 1. The van der Waals surface area contributed by atoms with E-state index in [-0.39, 0.29) is 17.0 Å². The maximum atomic E-state index is 13.6. The maximum Gasteiger partial charge on any atom is 0.221 e. The molecule has 2 rings (SSSR count). The van der Waals surface area contributed by atoms with Gasteiger partial charge in [-0.25, -0.2) is 4.39 Å². The fourth-order valence-corrected chi connectivity index (χ4v) is 1.95. The van der Waals surface area contributed by atoms with Crippen molar-refractivity contribution in [1.82, 2.24) is 9.88 Å². The van der Waals surface area contributed by atoms with Crippen molar-refractivity contribution in [2.45, 2.75) is 0 Å². The summed E-state index contributed by atoms with van der Waals surface area (Å²) >= 11 is 0. The van der Waals surface area contributed by atoms with Gasteiger partial charge < -0.3 is 14.6 Å². The van der Waals surface area contributed by atoms with Gasteiger partial charge in [0.1, 0.15) is 11.6 Å². The van der Waals surface area contributed by atoms with Gasteiger partial charge in [-0.05, 0) is 12.1 Å². The molecular weight excluding hydrogens is 273 g/mol. The number of Topliss-reactive ketones (excluding diaryl/α,β-unsaturated/α-hetero) is 1. The number of nitrogens with zero attached hydrogens (tertiary/aromatic N) is 2. The van der Waals surface area contributed by atoms with E-state index in [0.29, 0.717) is 10.9 Å². The molecule has 0 saturated heterocycles. The maximum absolute atomic E-state index is 13.6. The molecule has 21 heavy (non-hydrogen) atoms. The highest BCUT2D eigenvalue weighted by atomic mass is 19.1. The molecule has 108 valence electrons. The molecule has 0 fully saturated rings. The van der Waals surface area contributed by atoms with Crippen LogP contribution in [0.4, 0.5) is 4.39 Å². The first kappa shape index (κ1) is 14.6. The Bertz CT molecular complexity index is 769. The molecule has 0 saturated carbocycles. The number of hydrogen-bond acceptors (Lipinski definition) is 4. The van der Waals surface area contributed by atoms with Crippen molar-refractivity contribution in [1.29, 1.82) is 5.26 Å². The van der Waals surface area contributed by atoms with Crippen molar-refractivity contribution in [3.05, 3.63) is 41.5 Å². The largest absolute Gasteiger partial charge is 0.494 e. The van der Waals surface area contributed by atoms with E-state index in [0.717, 1.165) is 0 Å². The van der Waals surface area contributed by atoms with E-state index < -0.39 is 11.6 Å². The molecule has 1 N–H and O–H groups in total. The van der Waals surface area contributed by atoms with Gasteiger partial charge in [-0.1, -0.05) is 0 Å². The van der Waals surface area contributed by atoms with Crippen LogP contribution in [0, 0.1) is 17.1 Å². The second-order valence-corrected chi connectivity index (χ2v) is 4.70. The van der Waals surface area contributed by atoms with Crippen LogP contribution in [-0.4, -0.2) is 36.9 Å². The first-order chi connectivity index (χ1) is 9.96. The van der Waals surface area contributed by atoms with Crippen molar-refractivity contribution in [3.8, 4) is 11.8 Å². The minimum absolute atomic E-state index is 0.000932. The molecule has 0 bridgehead atoms. The monoisotopic (exact) mass is 287 g/mol. The molecule has 1 aromatic carbocycles. The lowest BCUT2D eigenvalue weighted by Gasteiger charge is -2.04. The smallest absolute Gasteiger partial charge is 0.221 e. The van der Waals surface area contributed by atoms with Crippen LogP contribution in [0.15, 0.2) is 30.0 Å². The quantitative estimate of drug-likeness (QED) is 0.533. The van der Waals surface area contributed by atoms with Gasteiger partial charge >= 0.3 is 0 Å². The number of allylic oxidation sites excluding steroid dienone is 1. The number of fused-ring (bicyclic) bond motifs is 1. The zero-order chi connectivity index (χ0) is 15.6. The summed E-state index contributed by atoms with van der Waals surface area (Å²) < 4.78 is 18.5. The van der Waals surface area contributed by atoms with Gasteiger partial charge in [0.25, 0.3) is 0 Å². The third-order valence-corrected chi connectivity index (χ3v) is 2.89. The Kier molecular flexibility index (Phi) is 3.94. The number of carbonyl (C=O) groups excluding carboxylic acids is 1. The average molecular weight is 287 g/mol. The molecule has 6 heteroatoms. The molecule has 0 aliphatic rings. The Labute approximate surface area is 121 Å².